The van der Waals surface area contributed by atoms with Crippen LogP contribution in [0.1, 0.15) is 30.9 Å². The van der Waals surface area contributed by atoms with Crippen LogP contribution in [0.15, 0.2) is 42.5 Å². The first-order chi connectivity index (χ1) is 12.7. The van der Waals surface area contributed by atoms with Gasteiger partial charge in [0.1, 0.15) is 0 Å². The molecule has 0 radical (unpaired) electrons. The third-order valence-electron chi connectivity index (χ3n) is 4.82. The molecule has 1 aliphatic rings. The van der Waals surface area contributed by atoms with Gasteiger partial charge >= 0.3 is 0 Å². The second-order valence-corrected chi connectivity index (χ2v) is 7.18. The molecule has 3 rings (SSSR count). The van der Waals surface area contributed by atoms with E-state index in [9.17, 15) is 5.11 Å². The van der Waals surface area contributed by atoms with Crippen molar-refractivity contribution in [3.8, 4) is 11.5 Å². The molecular weight excluding hydrogens is 348 g/mol. The largest absolute Gasteiger partial charge is 0.503 e. The number of nitrogens with one attached hydrogen (secondary N) is 1. The molecule has 1 aliphatic heterocycles. The maximum absolute atomic E-state index is 9.97. The van der Waals surface area contributed by atoms with Crippen LogP contribution in [0.2, 0.25) is 5.02 Å². The number of hydrogen-bond acceptors (Lipinski definition) is 4. The van der Waals surface area contributed by atoms with Crippen LogP contribution in [0.5, 0.6) is 11.5 Å². The van der Waals surface area contributed by atoms with E-state index < -0.39 is 0 Å². The van der Waals surface area contributed by atoms with Crippen LogP contribution in [0, 0.1) is 0 Å². The molecule has 26 heavy (non-hydrogen) atoms. The maximum atomic E-state index is 9.97. The lowest BCUT2D eigenvalue weighted by Crippen LogP contribution is -2.41. The van der Waals surface area contributed by atoms with Crippen molar-refractivity contribution >= 4 is 11.6 Å². The van der Waals surface area contributed by atoms with Crippen LogP contribution in [-0.4, -0.2) is 35.7 Å². The molecular formula is C21H27ClN2O2. The van der Waals surface area contributed by atoms with Crippen LogP contribution in [0.3, 0.4) is 0 Å². The lowest BCUT2D eigenvalue weighted by molar-refractivity contribution is 0.190. The molecule has 0 bridgehead atoms. The molecule has 140 valence electrons. The molecule has 0 aliphatic carbocycles. The minimum atomic E-state index is 0.0288. The van der Waals surface area contributed by atoms with E-state index in [0.29, 0.717) is 23.4 Å². The highest BCUT2D eigenvalue weighted by Gasteiger charge is 2.20. The number of phenols is 1. The Morgan fingerprint density at radius 2 is 1.88 bits per heavy atom. The van der Waals surface area contributed by atoms with E-state index in [0.717, 1.165) is 44.6 Å². The molecule has 2 N–H and O–H groups in total. The Labute approximate surface area is 160 Å². The van der Waals surface area contributed by atoms with Crippen molar-refractivity contribution in [2.45, 2.75) is 38.9 Å². The zero-order valence-corrected chi connectivity index (χ0v) is 16.0. The van der Waals surface area contributed by atoms with E-state index in [4.69, 9.17) is 16.3 Å². The summed E-state index contributed by atoms with van der Waals surface area (Å²) < 4.78 is 5.48. The Balaban J connectivity index is 1.49. The average Bonchev–Trinajstić information content (AvgIpc) is 2.66. The molecule has 0 amide bonds. The van der Waals surface area contributed by atoms with E-state index in [1.165, 1.54) is 5.56 Å². The van der Waals surface area contributed by atoms with Gasteiger partial charge in [0.2, 0.25) is 0 Å². The second kappa shape index (κ2) is 9.26. The van der Waals surface area contributed by atoms with Crippen LogP contribution in [-0.2, 0) is 13.1 Å². The van der Waals surface area contributed by atoms with E-state index in [1.807, 2.05) is 19.1 Å². The van der Waals surface area contributed by atoms with Crippen molar-refractivity contribution in [1.29, 1.82) is 0 Å². The highest BCUT2D eigenvalue weighted by molar-refractivity contribution is 6.32. The number of halogens is 1. The normalized spacial score (nSPS) is 15.9. The molecule has 0 saturated carbocycles. The van der Waals surface area contributed by atoms with Crippen molar-refractivity contribution in [1.82, 2.24) is 10.2 Å². The van der Waals surface area contributed by atoms with Gasteiger partial charge in [-0.2, -0.15) is 0 Å². The van der Waals surface area contributed by atoms with Gasteiger partial charge in [0.05, 0.1) is 11.6 Å². The monoisotopic (exact) mass is 374 g/mol. The number of phenolic OH excluding ortho intramolecular Hbond substituents is 1. The van der Waals surface area contributed by atoms with Gasteiger partial charge < -0.3 is 15.2 Å². The lowest BCUT2D eigenvalue weighted by Gasteiger charge is -2.32. The molecule has 2 aromatic carbocycles. The minimum Gasteiger partial charge on any atom is -0.503 e. The summed E-state index contributed by atoms with van der Waals surface area (Å²) in [5, 5.41) is 14.0. The van der Waals surface area contributed by atoms with Crippen LogP contribution in [0.4, 0.5) is 0 Å². The third kappa shape index (κ3) is 5.13. The molecule has 0 aromatic heterocycles. The number of nitrogens with zero attached hydrogens (tertiary/aromatic N) is 1. The van der Waals surface area contributed by atoms with Crippen molar-refractivity contribution in [2.24, 2.45) is 0 Å². The van der Waals surface area contributed by atoms with Gasteiger partial charge in [0.15, 0.2) is 11.5 Å². The van der Waals surface area contributed by atoms with Gasteiger partial charge in [-0.1, -0.05) is 41.9 Å². The Morgan fingerprint density at radius 3 is 2.58 bits per heavy atom. The number of likely N-dealkylation sites (tertiary alicyclic amines) is 1. The molecule has 4 nitrogen and oxygen atoms in total. The van der Waals surface area contributed by atoms with Crippen molar-refractivity contribution in [3.05, 3.63) is 58.6 Å². The fourth-order valence-corrected chi connectivity index (χ4v) is 3.63. The predicted octanol–water partition coefficient (Wildman–Crippen LogP) is 4.20. The standard InChI is InChI=1S/C21H27ClN2O2/c1-2-26-20-13-17(12-19(22)21(20)25)15-24-10-8-18(9-11-24)23-14-16-6-4-3-5-7-16/h3-7,12-13,18,23,25H,2,8-11,14-15H2,1H3. The van der Waals surface area contributed by atoms with E-state index in [1.54, 1.807) is 0 Å². The SMILES string of the molecule is CCOc1cc(CN2CCC(NCc3ccccc3)CC2)cc(Cl)c1O. The number of piperidine rings is 1. The van der Waals surface area contributed by atoms with Gasteiger partial charge in [-0.25, -0.2) is 0 Å². The first-order valence-electron chi connectivity index (χ1n) is 9.29. The van der Waals surface area contributed by atoms with Gasteiger partial charge in [0.25, 0.3) is 0 Å². The summed E-state index contributed by atoms with van der Waals surface area (Å²) in [4.78, 5) is 2.43. The molecule has 1 heterocycles. The fourth-order valence-electron chi connectivity index (χ4n) is 3.40. The van der Waals surface area contributed by atoms with E-state index >= 15 is 0 Å². The highest BCUT2D eigenvalue weighted by Crippen LogP contribution is 2.35. The quantitative estimate of drug-likeness (QED) is 0.762. The summed E-state index contributed by atoms with van der Waals surface area (Å²) in [5.41, 5.74) is 2.41. The zero-order chi connectivity index (χ0) is 18.4. The predicted molar refractivity (Wildman–Crippen MR) is 106 cm³/mol. The molecule has 1 fully saturated rings. The number of benzene rings is 2. The summed E-state index contributed by atoms with van der Waals surface area (Å²) in [6.45, 7) is 6.26. The van der Waals surface area contributed by atoms with E-state index in [2.05, 4.69) is 40.5 Å². The Morgan fingerprint density at radius 1 is 1.15 bits per heavy atom. The Bertz CT molecular complexity index is 701. The van der Waals surface area contributed by atoms with Gasteiger partial charge in [-0.05, 0) is 56.1 Å². The summed E-state index contributed by atoms with van der Waals surface area (Å²) in [7, 11) is 0. The summed E-state index contributed by atoms with van der Waals surface area (Å²) in [6.07, 6.45) is 2.27. The molecule has 0 atom stereocenters. The smallest absolute Gasteiger partial charge is 0.176 e. The number of hydrogen-bond donors (Lipinski definition) is 2. The van der Waals surface area contributed by atoms with Crippen molar-refractivity contribution in [3.63, 3.8) is 0 Å². The fraction of sp³-hybridized carbons (Fsp3) is 0.429. The second-order valence-electron chi connectivity index (χ2n) is 6.77. The molecule has 2 aromatic rings. The zero-order valence-electron chi connectivity index (χ0n) is 15.2. The minimum absolute atomic E-state index is 0.0288. The highest BCUT2D eigenvalue weighted by atomic mass is 35.5. The first-order valence-corrected chi connectivity index (χ1v) is 9.67. The summed E-state index contributed by atoms with van der Waals surface area (Å²) >= 11 is 6.14. The summed E-state index contributed by atoms with van der Waals surface area (Å²) in [6, 6.07) is 14.8. The Kier molecular flexibility index (Phi) is 6.78. The number of aromatic hydroxyl groups is 1. The van der Waals surface area contributed by atoms with E-state index in [-0.39, 0.29) is 5.75 Å². The van der Waals surface area contributed by atoms with Gasteiger partial charge in [-0.3, -0.25) is 4.90 Å². The number of rotatable bonds is 7. The molecule has 5 heteroatoms. The Hall–Kier alpha value is -1.75. The summed E-state index contributed by atoms with van der Waals surface area (Å²) in [5.74, 6) is 0.496. The van der Waals surface area contributed by atoms with Crippen molar-refractivity contribution < 1.29 is 9.84 Å². The third-order valence-corrected chi connectivity index (χ3v) is 5.11. The molecule has 0 unspecified atom stereocenters. The number of ether oxygens (including phenoxy) is 1. The van der Waals surface area contributed by atoms with Crippen LogP contribution >= 0.6 is 11.6 Å². The van der Waals surface area contributed by atoms with Crippen molar-refractivity contribution in [2.75, 3.05) is 19.7 Å². The average molecular weight is 375 g/mol. The topological polar surface area (TPSA) is 44.7 Å². The first kappa shape index (κ1) is 19.0. The lowest BCUT2D eigenvalue weighted by atomic mass is 10.0. The van der Waals surface area contributed by atoms with Crippen LogP contribution in [0.25, 0.3) is 0 Å². The van der Waals surface area contributed by atoms with Crippen LogP contribution < -0.4 is 10.1 Å². The van der Waals surface area contributed by atoms with Gasteiger partial charge in [0, 0.05) is 19.1 Å². The molecule has 0 spiro atoms. The molecule has 1 saturated heterocycles. The van der Waals surface area contributed by atoms with Gasteiger partial charge in [-0.15, -0.1) is 0 Å². The maximum Gasteiger partial charge on any atom is 0.176 e.